The van der Waals surface area contributed by atoms with Crippen LogP contribution in [-0.2, 0) is 19.1 Å². The Balaban J connectivity index is 1.90. The van der Waals surface area contributed by atoms with Crippen molar-refractivity contribution in [3.05, 3.63) is 0 Å². The van der Waals surface area contributed by atoms with Gasteiger partial charge in [-0.1, -0.05) is 0 Å². The van der Waals surface area contributed by atoms with E-state index in [0.717, 1.165) is 0 Å². The maximum atomic E-state index is 12.1. The third kappa shape index (κ3) is 2.90. The van der Waals surface area contributed by atoms with Crippen molar-refractivity contribution in [3.8, 4) is 0 Å². The summed E-state index contributed by atoms with van der Waals surface area (Å²) in [7, 11) is 0. The maximum Gasteiger partial charge on any atom is 0.312 e. The van der Waals surface area contributed by atoms with E-state index in [1.54, 1.807) is 9.80 Å². The Morgan fingerprint density at radius 1 is 1.11 bits per heavy atom. The molecular weight excluding hydrogens is 248 g/mol. The molecule has 108 valence electrons. The second kappa shape index (κ2) is 5.88. The first kappa shape index (κ1) is 14.3. The third-order valence-corrected chi connectivity index (χ3v) is 3.86. The Morgan fingerprint density at radius 2 is 1.63 bits per heavy atom. The number of piperidine rings is 1. The van der Waals surface area contributed by atoms with Crippen LogP contribution in [-0.4, -0.2) is 66.8 Å². The first-order chi connectivity index (χ1) is 9.12. The molecule has 0 aliphatic carbocycles. The van der Waals surface area contributed by atoms with Crippen LogP contribution in [0.1, 0.15) is 26.7 Å². The van der Waals surface area contributed by atoms with Crippen LogP contribution in [0.25, 0.3) is 0 Å². The summed E-state index contributed by atoms with van der Waals surface area (Å²) < 4.78 is 11.2. The van der Waals surface area contributed by atoms with Gasteiger partial charge < -0.3 is 19.3 Å². The van der Waals surface area contributed by atoms with Gasteiger partial charge in [0.2, 0.25) is 0 Å². The van der Waals surface area contributed by atoms with Crippen LogP contribution in [0.4, 0.5) is 0 Å². The molecule has 2 saturated heterocycles. The summed E-state index contributed by atoms with van der Waals surface area (Å²) in [6, 6.07) is 0. The van der Waals surface area contributed by atoms with Crippen molar-refractivity contribution in [3.63, 3.8) is 0 Å². The van der Waals surface area contributed by atoms with Gasteiger partial charge in [-0.3, -0.25) is 9.59 Å². The average Bonchev–Trinajstić information content (AvgIpc) is 2.88. The van der Waals surface area contributed by atoms with Crippen LogP contribution < -0.4 is 0 Å². The largest absolute Gasteiger partial charge is 0.347 e. The zero-order valence-corrected chi connectivity index (χ0v) is 11.7. The number of ether oxygens (including phenoxy) is 2. The van der Waals surface area contributed by atoms with Gasteiger partial charge in [-0.25, -0.2) is 0 Å². The average molecular weight is 270 g/mol. The van der Waals surface area contributed by atoms with Crippen molar-refractivity contribution in [1.29, 1.82) is 0 Å². The quantitative estimate of drug-likeness (QED) is 0.674. The summed E-state index contributed by atoms with van der Waals surface area (Å²) in [5, 5.41) is 0. The van der Waals surface area contributed by atoms with E-state index in [-0.39, 0.29) is 0 Å². The number of likely N-dealkylation sites (N-methyl/N-ethyl adjacent to an activating group) is 1. The van der Waals surface area contributed by atoms with Gasteiger partial charge in [-0.15, -0.1) is 0 Å². The van der Waals surface area contributed by atoms with E-state index in [1.807, 2.05) is 13.8 Å². The van der Waals surface area contributed by atoms with Gasteiger partial charge in [-0.2, -0.15) is 0 Å². The monoisotopic (exact) mass is 270 g/mol. The van der Waals surface area contributed by atoms with Crippen molar-refractivity contribution in [1.82, 2.24) is 9.80 Å². The molecule has 19 heavy (non-hydrogen) atoms. The first-order valence-corrected chi connectivity index (χ1v) is 6.98. The molecule has 0 radical (unpaired) electrons. The summed E-state index contributed by atoms with van der Waals surface area (Å²) in [5.41, 5.74) is 0. The number of hydrogen-bond donors (Lipinski definition) is 0. The van der Waals surface area contributed by atoms with Crippen LogP contribution in [0.2, 0.25) is 0 Å². The van der Waals surface area contributed by atoms with Crippen molar-refractivity contribution in [2.24, 2.45) is 0 Å². The molecule has 0 bridgehead atoms. The van der Waals surface area contributed by atoms with E-state index >= 15 is 0 Å². The van der Waals surface area contributed by atoms with E-state index in [9.17, 15) is 9.59 Å². The lowest BCUT2D eigenvalue weighted by atomic mass is 10.0. The molecule has 2 amide bonds. The highest BCUT2D eigenvalue weighted by Gasteiger charge is 2.41. The van der Waals surface area contributed by atoms with E-state index < -0.39 is 17.6 Å². The summed E-state index contributed by atoms with van der Waals surface area (Å²) in [4.78, 5) is 27.3. The van der Waals surface area contributed by atoms with Crippen LogP contribution in [0.3, 0.4) is 0 Å². The fourth-order valence-electron chi connectivity index (χ4n) is 2.62. The smallest absolute Gasteiger partial charge is 0.312 e. The molecule has 1 spiro atoms. The zero-order chi connectivity index (χ0) is 13.9. The zero-order valence-electron chi connectivity index (χ0n) is 11.7. The fourth-order valence-corrected chi connectivity index (χ4v) is 2.62. The topological polar surface area (TPSA) is 59.1 Å². The summed E-state index contributed by atoms with van der Waals surface area (Å²) >= 11 is 0. The minimum absolute atomic E-state index is 0.406. The number of carbonyl (C=O) groups excluding carboxylic acids is 2. The number of nitrogens with zero attached hydrogens (tertiary/aromatic N) is 2. The SMILES string of the molecule is CCN(CC)C(=O)C(=O)N1CCC2(CC1)OCCO2. The number of carbonyl (C=O) groups is 2. The molecule has 0 aromatic rings. The highest BCUT2D eigenvalue weighted by atomic mass is 16.7. The molecule has 2 heterocycles. The van der Waals surface area contributed by atoms with Crippen LogP contribution in [0, 0.1) is 0 Å². The Hall–Kier alpha value is -1.14. The highest BCUT2D eigenvalue weighted by molar-refractivity contribution is 6.34. The van der Waals surface area contributed by atoms with Gasteiger partial charge in [0.05, 0.1) is 13.2 Å². The maximum absolute atomic E-state index is 12.1. The normalized spacial score (nSPS) is 21.7. The second-order valence-electron chi connectivity index (χ2n) is 4.88. The molecule has 2 aliphatic rings. The van der Waals surface area contributed by atoms with Gasteiger partial charge in [0, 0.05) is 39.0 Å². The Kier molecular flexibility index (Phi) is 4.42. The molecular formula is C13H22N2O4. The molecule has 0 unspecified atom stereocenters. The molecule has 0 atom stereocenters. The van der Waals surface area contributed by atoms with Gasteiger partial charge in [0.25, 0.3) is 0 Å². The molecule has 2 aliphatic heterocycles. The molecule has 2 rings (SSSR count). The number of likely N-dealkylation sites (tertiary alicyclic amines) is 1. The first-order valence-electron chi connectivity index (χ1n) is 6.98. The third-order valence-electron chi connectivity index (χ3n) is 3.86. The predicted octanol–water partition coefficient (Wildman–Crippen LogP) is 0.220. The van der Waals surface area contributed by atoms with E-state index in [1.165, 1.54) is 0 Å². The summed E-state index contributed by atoms with van der Waals surface area (Å²) in [6.45, 7) is 7.15. The molecule has 0 N–H and O–H groups in total. The second-order valence-corrected chi connectivity index (χ2v) is 4.88. The molecule has 0 aromatic carbocycles. The predicted molar refractivity (Wildman–Crippen MR) is 68.4 cm³/mol. The fraction of sp³-hybridized carbons (Fsp3) is 0.846. The summed E-state index contributed by atoms with van der Waals surface area (Å²) in [6.07, 6.45) is 1.29. The van der Waals surface area contributed by atoms with Crippen LogP contribution in [0.5, 0.6) is 0 Å². The van der Waals surface area contributed by atoms with Crippen molar-refractivity contribution >= 4 is 11.8 Å². The molecule has 6 heteroatoms. The lowest BCUT2D eigenvalue weighted by molar-refractivity contribution is -0.188. The molecule has 0 aromatic heterocycles. The van der Waals surface area contributed by atoms with Crippen LogP contribution in [0.15, 0.2) is 0 Å². The molecule has 6 nitrogen and oxygen atoms in total. The lowest BCUT2D eigenvalue weighted by Gasteiger charge is -2.37. The van der Waals surface area contributed by atoms with Crippen molar-refractivity contribution < 1.29 is 19.1 Å². The highest BCUT2D eigenvalue weighted by Crippen LogP contribution is 2.31. The van der Waals surface area contributed by atoms with Gasteiger partial charge in [-0.05, 0) is 13.8 Å². The number of hydrogen-bond acceptors (Lipinski definition) is 4. The van der Waals surface area contributed by atoms with E-state index in [2.05, 4.69) is 0 Å². The Labute approximate surface area is 113 Å². The van der Waals surface area contributed by atoms with E-state index in [4.69, 9.17) is 9.47 Å². The Morgan fingerprint density at radius 3 is 2.11 bits per heavy atom. The Bertz CT molecular complexity index is 339. The summed E-state index contributed by atoms with van der Waals surface area (Å²) in [5.74, 6) is -1.32. The van der Waals surface area contributed by atoms with Gasteiger partial charge >= 0.3 is 11.8 Å². The number of rotatable bonds is 2. The van der Waals surface area contributed by atoms with Crippen molar-refractivity contribution in [2.45, 2.75) is 32.5 Å². The number of amides is 2. The van der Waals surface area contributed by atoms with E-state index in [0.29, 0.717) is 52.2 Å². The minimum Gasteiger partial charge on any atom is -0.347 e. The lowest BCUT2D eigenvalue weighted by Crippen LogP contribution is -2.52. The minimum atomic E-state index is -0.505. The molecule has 0 saturated carbocycles. The van der Waals surface area contributed by atoms with Gasteiger partial charge in [0.1, 0.15) is 0 Å². The van der Waals surface area contributed by atoms with Crippen LogP contribution >= 0.6 is 0 Å². The van der Waals surface area contributed by atoms with Gasteiger partial charge in [0.15, 0.2) is 5.79 Å². The van der Waals surface area contributed by atoms with Crippen molar-refractivity contribution in [2.75, 3.05) is 39.4 Å². The standard InChI is InChI=1S/C13H22N2O4/c1-3-14(4-2)11(16)12(17)15-7-5-13(6-8-15)18-9-10-19-13/h3-10H2,1-2H3. The molecule has 2 fully saturated rings.